The molecule has 1 unspecified atom stereocenters. The number of hydrogen-bond acceptors (Lipinski definition) is 3. The molecule has 0 radical (unpaired) electrons. The minimum Gasteiger partial charge on any atom is -0.478 e. The normalized spacial score (nSPS) is 17.8. The highest BCUT2D eigenvalue weighted by atomic mass is 16.5. The van der Waals surface area contributed by atoms with Crippen LogP contribution in [-0.4, -0.2) is 48.8 Å². The Bertz CT molecular complexity index is 544. The summed E-state index contributed by atoms with van der Waals surface area (Å²) in [4.78, 5) is 25.2. The SMILES string of the molecule is COCC1CCN(C(=O)Nc2cccc(C)c2C(=O)O)C1. The maximum Gasteiger partial charge on any atom is 0.338 e. The van der Waals surface area contributed by atoms with Crippen LogP contribution < -0.4 is 5.32 Å². The van der Waals surface area contributed by atoms with E-state index in [4.69, 9.17) is 4.74 Å². The molecule has 1 atom stereocenters. The average molecular weight is 292 g/mol. The maximum atomic E-state index is 12.2. The van der Waals surface area contributed by atoms with Crippen molar-refractivity contribution in [1.29, 1.82) is 0 Å². The molecule has 2 rings (SSSR count). The van der Waals surface area contributed by atoms with Crippen LogP contribution in [0, 0.1) is 12.8 Å². The molecule has 1 saturated heterocycles. The van der Waals surface area contributed by atoms with Crippen LogP contribution in [0.25, 0.3) is 0 Å². The number of ether oxygens (including phenoxy) is 1. The van der Waals surface area contributed by atoms with Crippen molar-refractivity contribution in [3.05, 3.63) is 29.3 Å². The summed E-state index contributed by atoms with van der Waals surface area (Å²) in [6.45, 7) is 3.64. The number of carboxylic acids is 1. The van der Waals surface area contributed by atoms with Crippen molar-refractivity contribution >= 4 is 17.7 Å². The standard InChI is InChI=1S/C15H20N2O4/c1-10-4-3-5-12(13(10)14(18)19)16-15(20)17-7-6-11(8-17)9-21-2/h3-5,11H,6-9H2,1-2H3,(H,16,20)(H,18,19). The Morgan fingerprint density at radius 2 is 2.24 bits per heavy atom. The monoisotopic (exact) mass is 292 g/mol. The smallest absolute Gasteiger partial charge is 0.338 e. The van der Waals surface area contributed by atoms with Gasteiger partial charge in [0.1, 0.15) is 0 Å². The molecule has 1 aliphatic heterocycles. The molecule has 0 aromatic heterocycles. The zero-order chi connectivity index (χ0) is 15.4. The number of urea groups is 1. The Balaban J connectivity index is 2.07. The minimum atomic E-state index is -1.04. The Morgan fingerprint density at radius 3 is 2.90 bits per heavy atom. The second kappa shape index (κ2) is 6.58. The number of methoxy groups -OCH3 is 1. The van der Waals surface area contributed by atoms with Crippen molar-refractivity contribution in [3.8, 4) is 0 Å². The Labute approximate surface area is 123 Å². The van der Waals surface area contributed by atoms with Crippen LogP contribution >= 0.6 is 0 Å². The molecule has 1 fully saturated rings. The lowest BCUT2D eigenvalue weighted by molar-refractivity contribution is 0.0697. The lowest BCUT2D eigenvalue weighted by Crippen LogP contribution is -2.33. The number of carboxylic acid groups (broad SMARTS) is 1. The van der Waals surface area contributed by atoms with Crippen molar-refractivity contribution in [2.24, 2.45) is 5.92 Å². The first-order valence-electron chi connectivity index (χ1n) is 6.90. The second-order valence-corrected chi connectivity index (χ2v) is 5.29. The van der Waals surface area contributed by atoms with Crippen LogP contribution in [0.2, 0.25) is 0 Å². The molecule has 0 aliphatic carbocycles. The molecule has 0 spiro atoms. The van der Waals surface area contributed by atoms with Gasteiger partial charge in [0.2, 0.25) is 0 Å². The van der Waals surface area contributed by atoms with E-state index in [2.05, 4.69) is 5.32 Å². The Hall–Kier alpha value is -2.08. The number of benzene rings is 1. The quantitative estimate of drug-likeness (QED) is 0.891. The third-order valence-electron chi connectivity index (χ3n) is 3.70. The van der Waals surface area contributed by atoms with Gasteiger partial charge in [0, 0.05) is 26.1 Å². The molecule has 1 aromatic carbocycles. The zero-order valence-electron chi connectivity index (χ0n) is 12.3. The molecule has 2 N–H and O–H groups in total. The van der Waals surface area contributed by atoms with E-state index in [1.807, 2.05) is 0 Å². The van der Waals surface area contributed by atoms with Crippen molar-refractivity contribution in [3.63, 3.8) is 0 Å². The van der Waals surface area contributed by atoms with Gasteiger partial charge in [0.05, 0.1) is 17.9 Å². The summed E-state index contributed by atoms with van der Waals surface area (Å²) in [7, 11) is 1.65. The van der Waals surface area contributed by atoms with Crippen molar-refractivity contribution in [1.82, 2.24) is 4.90 Å². The summed E-state index contributed by atoms with van der Waals surface area (Å²) >= 11 is 0. The highest BCUT2D eigenvalue weighted by molar-refractivity contribution is 6.01. The number of anilines is 1. The molecular formula is C15H20N2O4. The number of rotatable bonds is 4. The summed E-state index contributed by atoms with van der Waals surface area (Å²) in [5.74, 6) is -0.695. The highest BCUT2D eigenvalue weighted by Gasteiger charge is 2.27. The fourth-order valence-electron chi connectivity index (χ4n) is 2.64. The van der Waals surface area contributed by atoms with Gasteiger partial charge in [-0.1, -0.05) is 12.1 Å². The van der Waals surface area contributed by atoms with Crippen LogP contribution in [0.4, 0.5) is 10.5 Å². The number of nitrogens with zero attached hydrogens (tertiary/aromatic N) is 1. The molecule has 1 aliphatic rings. The van der Waals surface area contributed by atoms with E-state index in [0.29, 0.717) is 36.9 Å². The van der Waals surface area contributed by atoms with E-state index in [-0.39, 0.29) is 11.6 Å². The number of amides is 2. The van der Waals surface area contributed by atoms with E-state index in [9.17, 15) is 14.7 Å². The topological polar surface area (TPSA) is 78.9 Å². The maximum absolute atomic E-state index is 12.2. The largest absolute Gasteiger partial charge is 0.478 e. The van der Waals surface area contributed by atoms with E-state index in [1.165, 1.54) is 0 Å². The molecule has 114 valence electrons. The number of carbonyl (C=O) groups excluding carboxylic acids is 1. The molecule has 2 amide bonds. The van der Waals surface area contributed by atoms with Gasteiger partial charge in [0.25, 0.3) is 0 Å². The van der Waals surface area contributed by atoms with Crippen LogP contribution in [0.15, 0.2) is 18.2 Å². The van der Waals surface area contributed by atoms with Crippen LogP contribution in [-0.2, 0) is 4.74 Å². The van der Waals surface area contributed by atoms with E-state index >= 15 is 0 Å². The van der Waals surface area contributed by atoms with Crippen molar-refractivity contribution < 1.29 is 19.4 Å². The molecule has 1 aromatic rings. The number of aromatic carboxylic acids is 1. The van der Waals surface area contributed by atoms with Gasteiger partial charge in [-0.3, -0.25) is 0 Å². The summed E-state index contributed by atoms with van der Waals surface area (Å²) in [6, 6.07) is 4.79. The molecular weight excluding hydrogens is 272 g/mol. The van der Waals surface area contributed by atoms with Crippen molar-refractivity contribution in [2.45, 2.75) is 13.3 Å². The van der Waals surface area contributed by atoms with Crippen LogP contribution in [0.3, 0.4) is 0 Å². The van der Waals surface area contributed by atoms with Gasteiger partial charge in [-0.15, -0.1) is 0 Å². The van der Waals surface area contributed by atoms with Gasteiger partial charge in [-0.05, 0) is 25.0 Å². The Morgan fingerprint density at radius 1 is 1.48 bits per heavy atom. The summed E-state index contributed by atoms with van der Waals surface area (Å²) in [5, 5.41) is 12.0. The molecule has 6 heteroatoms. The predicted molar refractivity (Wildman–Crippen MR) is 78.7 cm³/mol. The number of nitrogens with one attached hydrogen (secondary N) is 1. The molecule has 0 bridgehead atoms. The van der Waals surface area contributed by atoms with Gasteiger partial charge >= 0.3 is 12.0 Å². The molecule has 21 heavy (non-hydrogen) atoms. The van der Waals surface area contributed by atoms with Crippen LogP contribution in [0.1, 0.15) is 22.3 Å². The second-order valence-electron chi connectivity index (χ2n) is 5.29. The van der Waals surface area contributed by atoms with Crippen molar-refractivity contribution in [2.75, 3.05) is 32.1 Å². The van der Waals surface area contributed by atoms with E-state index in [0.717, 1.165) is 6.42 Å². The first-order chi connectivity index (χ1) is 10.0. The molecule has 0 saturated carbocycles. The number of carbonyl (C=O) groups is 2. The highest BCUT2D eigenvalue weighted by Crippen LogP contribution is 2.22. The number of likely N-dealkylation sites (tertiary alicyclic amines) is 1. The Kier molecular flexibility index (Phi) is 4.80. The summed E-state index contributed by atoms with van der Waals surface area (Å²) in [5.41, 5.74) is 1.10. The first kappa shape index (κ1) is 15.3. The van der Waals surface area contributed by atoms with Gasteiger partial charge in [0.15, 0.2) is 0 Å². The lowest BCUT2D eigenvalue weighted by Gasteiger charge is -2.18. The van der Waals surface area contributed by atoms with Gasteiger partial charge < -0.3 is 20.1 Å². The molecule has 6 nitrogen and oxygen atoms in total. The predicted octanol–water partition coefficient (Wildman–Crippen LogP) is 2.19. The fraction of sp³-hybridized carbons (Fsp3) is 0.467. The van der Waals surface area contributed by atoms with E-state index < -0.39 is 5.97 Å². The number of hydrogen-bond donors (Lipinski definition) is 2. The third kappa shape index (κ3) is 3.52. The van der Waals surface area contributed by atoms with Crippen LogP contribution in [0.5, 0.6) is 0 Å². The molecule has 1 heterocycles. The zero-order valence-corrected chi connectivity index (χ0v) is 12.3. The first-order valence-corrected chi connectivity index (χ1v) is 6.90. The minimum absolute atomic E-state index is 0.137. The summed E-state index contributed by atoms with van der Waals surface area (Å²) < 4.78 is 5.10. The average Bonchev–Trinajstić information content (AvgIpc) is 2.87. The third-order valence-corrected chi connectivity index (χ3v) is 3.70. The van der Waals surface area contributed by atoms with E-state index in [1.54, 1.807) is 37.1 Å². The fourth-order valence-corrected chi connectivity index (χ4v) is 2.64. The lowest BCUT2D eigenvalue weighted by atomic mass is 10.1. The van der Waals surface area contributed by atoms with Gasteiger partial charge in [-0.2, -0.15) is 0 Å². The van der Waals surface area contributed by atoms with Gasteiger partial charge in [-0.25, -0.2) is 9.59 Å². The number of aryl methyl sites for hydroxylation is 1. The summed E-state index contributed by atoms with van der Waals surface area (Å²) in [6.07, 6.45) is 0.904.